The number of rotatable bonds is 5. The average Bonchev–Trinajstić information content (AvgIpc) is 2.82. The molecule has 1 aliphatic rings. The van der Waals surface area contributed by atoms with Crippen molar-refractivity contribution in [3.05, 3.63) is 28.3 Å². The molecular weight excluding hydrogens is 296 g/mol. The van der Waals surface area contributed by atoms with Crippen LogP contribution in [0.3, 0.4) is 0 Å². The number of nitrogens with one attached hydrogen (secondary N) is 1. The maximum absolute atomic E-state index is 12.2. The Morgan fingerprint density at radius 3 is 2.81 bits per heavy atom. The summed E-state index contributed by atoms with van der Waals surface area (Å²) in [5.74, 6) is 0.240. The number of hydrogen-bond acceptors (Lipinski definition) is 6. The highest BCUT2D eigenvalue weighted by Gasteiger charge is 2.24. The van der Waals surface area contributed by atoms with Crippen LogP contribution in [0.4, 0.5) is 11.4 Å². The van der Waals surface area contributed by atoms with Crippen LogP contribution in [0, 0.1) is 16.0 Å². The molecule has 0 bridgehead atoms. The van der Waals surface area contributed by atoms with Crippen LogP contribution in [0.2, 0.25) is 0 Å². The molecule has 0 aliphatic carbocycles. The van der Waals surface area contributed by atoms with Gasteiger partial charge in [0.25, 0.3) is 5.69 Å². The van der Waals surface area contributed by atoms with Gasteiger partial charge in [0.2, 0.25) is 10.0 Å². The molecule has 0 spiro atoms. The monoisotopic (exact) mass is 314 g/mol. The summed E-state index contributed by atoms with van der Waals surface area (Å²) in [7, 11) is -1.87. The summed E-state index contributed by atoms with van der Waals surface area (Å²) in [5, 5.41) is 10.7. The van der Waals surface area contributed by atoms with Gasteiger partial charge in [0, 0.05) is 25.2 Å². The van der Waals surface area contributed by atoms with Crippen molar-refractivity contribution in [1.82, 2.24) is 9.62 Å². The standard InChI is InChI=1S/C12H18N4O4S/c1-15-5-4-9(8-15)7-14-21(19,20)12-6-10(16(17)18)2-3-11(12)13/h2-3,6,9,14H,4-5,7-8,13H2,1H3. The van der Waals surface area contributed by atoms with E-state index in [4.69, 9.17) is 5.73 Å². The molecule has 0 radical (unpaired) electrons. The first kappa shape index (κ1) is 15.7. The number of nitro benzene ring substituents is 1. The van der Waals surface area contributed by atoms with Gasteiger partial charge in [-0.25, -0.2) is 13.1 Å². The highest BCUT2D eigenvalue weighted by molar-refractivity contribution is 7.89. The SMILES string of the molecule is CN1CCC(CNS(=O)(=O)c2cc([N+](=O)[O-])ccc2N)C1. The first-order chi connectivity index (χ1) is 9.79. The van der Waals surface area contributed by atoms with Crippen LogP contribution in [0.1, 0.15) is 6.42 Å². The molecule has 1 aliphatic heterocycles. The number of nitro groups is 1. The summed E-state index contributed by atoms with van der Waals surface area (Å²) in [6.45, 7) is 2.06. The zero-order chi connectivity index (χ0) is 15.6. The second-order valence-electron chi connectivity index (χ2n) is 5.25. The first-order valence-electron chi connectivity index (χ1n) is 6.52. The summed E-state index contributed by atoms with van der Waals surface area (Å²) in [5.41, 5.74) is 5.33. The normalized spacial score (nSPS) is 19.8. The molecule has 1 atom stereocenters. The third-order valence-electron chi connectivity index (χ3n) is 3.55. The number of nitrogens with zero attached hydrogens (tertiary/aromatic N) is 2. The predicted octanol–water partition coefficient (Wildman–Crippen LogP) is 0.407. The molecule has 9 heteroatoms. The minimum Gasteiger partial charge on any atom is -0.398 e. The smallest absolute Gasteiger partial charge is 0.270 e. The number of sulfonamides is 1. The molecule has 0 aromatic heterocycles. The van der Waals surface area contributed by atoms with Crippen molar-refractivity contribution in [2.75, 3.05) is 32.4 Å². The zero-order valence-corrected chi connectivity index (χ0v) is 12.5. The summed E-state index contributed by atoms with van der Waals surface area (Å²) >= 11 is 0. The van der Waals surface area contributed by atoms with Crippen LogP contribution in [-0.2, 0) is 10.0 Å². The van der Waals surface area contributed by atoms with Gasteiger partial charge in [0.05, 0.1) is 10.6 Å². The van der Waals surface area contributed by atoms with Gasteiger partial charge in [-0.3, -0.25) is 10.1 Å². The van der Waals surface area contributed by atoms with Crippen LogP contribution in [0.25, 0.3) is 0 Å². The molecule has 1 saturated heterocycles. The second-order valence-corrected chi connectivity index (χ2v) is 6.98. The lowest BCUT2D eigenvalue weighted by molar-refractivity contribution is -0.385. The lowest BCUT2D eigenvalue weighted by atomic mass is 10.1. The Morgan fingerprint density at radius 1 is 1.52 bits per heavy atom. The van der Waals surface area contributed by atoms with Crippen molar-refractivity contribution in [2.45, 2.75) is 11.3 Å². The fourth-order valence-corrected chi connectivity index (χ4v) is 3.63. The van der Waals surface area contributed by atoms with Crippen LogP contribution >= 0.6 is 0 Å². The molecule has 1 aromatic rings. The van der Waals surface area contributed by atoms with Gasteiger partial charge in [-0.2, -0.15) is 0 Å². The Bertz CT molecular complexity index is 647. The maximum Gasteiger partial charge on any atom is 0.270 e. The number of anilines is 1. The Balaban J connectivity index is 2.15. The number of hydrogen-bond donors (Lipinski definition) is 2. The maximum atomic E-state index is 12.2. The summed E-state index contributed by atoms with van der Waals surface area (Å²) in [6, 6.07) is 3.40. The fourth-order valence-electron chi connectivity index (χ4n) is 2.37. The average molecular weight is 314 g/mol. The molecule has 0 amide bonds. The molecule has 0 saturated carbocycles. The van der Waals surface area contributed by atoms with Gasteiger partial charge in [-0.05, 0) is 32.0 Å². The number of nitrogens with two attached hydrogens (primary N) is 1. The van der Waals surface area contributed by atoms with E-state index in [1.807, 2.05) is 7.05 Å². The Kier molecular flexibility index (Phi) is 4.45. The highest BCUT2D eigenvalue weighted by atomic mass is 32.2. The zero-order valence-electron chi connectivity index (χ0n) is 11.7. The van der Waals surface area contributed by atoms with E-state index in [2.05, 4.69) is 9.62 Å². The van der Waals surface area contributed by atoms with Crippen molar-refractivity contribution in [1.29, 1.82) is 0 Å². The van der Waals surface area contributed by atoms with E-state index in [0.29, 0.717) is 6.54 Å². The molecule has 8 nitrogen and oxygen atoms in total. The molecule has 21 heavy (non-hydrogen) atoms. The van der Waals surface area contributed by atoms with Crippen LogP contribution < -0.4 is 10.5 Å². The minimum atomic E-state index is -3.85. The third-order valence-corrected chi connectivity index (χ3v) is 5.03. The van der Waals surface area contributed by atoms with Gasteiger partial charge in [0.15, 0.2) is 0 Å². The predicted molar refractivity (Wildman–Crippen MR) is 78.3 cm³/mol. The van der Waals surface area contributed by atoms with E-state index in [-0.39, 0.29) is 22.2 Å². The molecule has 2 rings (SSSR count). The van der Waals surface area contributed by atoms with Gasteiger partial charge >= 0.3 is 0 Å². The first-order valence-corrected chi connectivity index (χ1v) is 8.00. The van der Waals surface area contributed by atoms with Crippen molar-refractivity contribution < 1.29 is 13.3 Å². The number of likely N-dealkylation sites (tertiary alicyclic amines) is 1. The topological polar surface area (TPSA) is 119 Å². The van der Waals surface area contributed by atoms with Crippen LogP contribution in [-0.4, -0.2) is 44.9 Å². The Labute approximate surface area is 123 Å². The summed E-state index contributed by atoms with van der Waals surface area (Å²) in [6.07, 6.45) is 0.920. The number of nitrogen functional groups attached to an aromatic ring is 1. The number of non-ortho nitro benzene ring substituents is 1. The quantitative estimate of drug-likeness (QED) is 0.461. The van der Waals surface area contributed by atoms with E-state index in [0.717, 1.165) is 25.6 Å². The Hall–Kier alpha value is -1.71. The molecule has 1 aromatic carbocycles. The molecule has 1 fully saturated rings. The van der Waals surface area contributed by atoms with Crippen molar-refractivity contribution in [3.8, 4) is 0 Å². The Morgan fingerprint density at radius 2 is 2.24 bits per heavy atom. The molecule has 1 heterocycles. The fraction of sp³-hybridized carbons (Fsp3) is 0.500. The molecule has 3 N–H and O–H groups in total. The van der Waals surface area contributed by atoms with Gasteiger partial charge in [-0.15, -0.1) is 0 Å². The van der Waals surface area contributed by atoms with Gasteiger partial charge < -0.3 is 10.6 Å². The second kappa shape index (κ2) is 5.96. The molecule has 1 unspecified atom stereocenters. The van der Waals surface area contributed by atoms with E-state index in [1.165, 1.54) is 12.1 Å². The summed E-state index contributed by atoms with van der Waals surface area (Å²) < 4.78 is 27.0. The van der Waals surface area contributed by atoms with Crippen molar-refractivity contribution in [3.63, 3.8) is 0 Å². The highest BCUT2D eigenvalue weighted by Crippen LogP contribution is 2.24. The lowest BCUT2D eigenvalue weighted by Crippen LogP contribution is -2.31. The van der Waals surface area contributed by atoms with Crippen molar-refractivity contribution in [2.24, 2.45) is 5.92 Å². The van der Waals surface area contributed by atoms with Gasteiger partial charge in [-0.1, -0.05) is 0 Å². The van der Waals surface area contributed by atoms with E-state index in [1.54, 1.807) is 0 Å². The van der Waals surface area contributed by atoms with Crippen LogP contribution in [0.5, 0.6) is 0 Å². The summed E-state index contributed by atoms with van der Waals surface area (Å²) in [4.78, 5) is 12.0. The lowest BCUT2D eigenvalue weighted by Gasteiger charge is -2.13. The third kappa shape index (κ3) is 3.69. The number of benzene rings is 1. The minimum absolute atomic E-state index is 0.00311. The van der Waals surface area contributed by atoms with E-state index >= 15 is 0 Å². The molecular formula is C12H18N4O4S. The van der Waals surface area contributed by atoms with E-state index < -0.39 is 14.9 Å². The van der Waals surface area contributed by atoms with E-state index in [9.17, 15) is 18.5 Å². The van der Waals surface area contributed by atoms with Crippen LogP contribution in [0.15, 0.2) is 23.1 Å². The molecule has 116 valence electrons. The van der Waals surface area contributed by atoms with Crippen molar-refractivity contribution >= 4 is 21.4 Å². The van der Waals surface area contributed by atoms with Gasteiger partial charge in [0.1, 0.15) is 4.90 Å². The largest absolute Gasteiger partial charge is 0.398 e.